The van der Waals surface area contributed by atoms with Crippen molar-refractivity contribution in [2.75, 3.05) is 0 Å². The molecule has 0 heteroatoms. The first kappa shape index (κ1) is 11.7. The largest absolute Gasteiger partial charge is 0.0871 e. The molecule has 0 radical (unpaired) electrons. The Labute approximate surface area is 104 Å². The topological polar surface area (TPSA) is 0 Å². The smallest absolute Gasteiger partial charge is 0.0152 e. The third-order valence-electron chi connectivity index (χ3n) is 3.04. The van der Waals surface area contributed by atoms with Gasteiger partial charge in [0.05, 0.1) is 0 Å². The first-order valence-electron chi connectivity index (χ1n) is 6.01. The number of allylic oxidation sites excluding steroid dienone is 1. The summed E-state index contributed by atoms with van der Waals surface area (Å²) in [4.78, 5) is 0. The minimum absolute atomic E-state index is 1.29. The molecular formula is C17H18. The maximum absolute atomic E-state index is 2.28. The molecule has 0 atom stereocenters. The van der Waals surface area contributed by atoms with Crippen molar-refractivity contribution >= 4 is 6.08 Å². The van der Waals surface area contributed by atoms with Crippen LogP contribution in [0.3, 0.4) is 0 Å². The van der Waals surface area contributed by atoms with Crippen molar-refractivity contribution in [2.24, 2.45) is 0 Å². The first-order chi connectivity index (χ1) is 8.22. The van der Waals surface area contributed by atoms with Gasteiger partial charge in [-0.3, -0.25) is 0 Å². The van der Waals surface area contributed by atoms with Crippen LogP contribution in [0, 0.1) is 13.8 Å². The zero-order valence-corrected chi connectivity index (χ0v) is 10.7. The molecule has 2 aromatic rings. The number of aryl methyl sites for hydroxylation is 2. The molecule has 0 heterocycles. The van der Waals surface area contributed by atoms with Crippen LogP contribution in [0.15, 0.2) is 48.5 Å². The summed E-state index contributed by atoms with van der Waals surface area (Å²) in [5, 5.41) is 0. The number of hydrogen-bond donors (Lipinski definition) is 0. The van der Waals surface area contributed by atoms with Gasteiger partial charge in [0.15, 0.2) is 0 Å². The van der Waals surface area contributed by atoms with Crippen molar-refractivity contribution in [1.29, 1.82) is 0 Å². The van der Waals surface area contributed by atoms with E-state index < -0.39 is 0 Å². The van der Waals surface area contributed by atoms with E-state index in [2.05, 4.69) is 75.4 Å². The molecule has 0 unspecified atom stereocenters. The number of hydrogen-bond acceptors (Lipinski definition) is 0. The van der Waals surface area contributed by atoms with Crippen LogP contribution in [0.2, 0.25) is 0 Å². The maximum atomic E-state index is 2.28. The zero-order valence-electron chi connectivity index (χ0n) is 10.7. The molecule has 0 N–H and O–H groups in total. The highest BCUT2D eigenvalue weighted by Gasteiger charge is 2.04. The Bertz CT molecular complexity index is 533. The Morgan fingerprint density at radius 1 is 0.882 bits per heavy atom. The predicted octanol–water partition coefficient (Wildman–Crippen LogP) is 5.00. The highest BCUT2D eigenvalue weighted by molar-refractivity contribution is 5.71. The van der Waals surface area contributed by atoms with Crippen LogP contribution >= 0.6 is 0 Å². The van der Waals surface area contributed by atoms with Gasteiger partial charge in [-0.15, -0.1) is 0 Å². The SMILES string of the molecule is C/C=C/c1cc(C)c(-c2ccccc2)cc1C. The summed E-state index contributed by atoms with van der Waals surface area (Å²) in [6, 6.07) is 15.1. The normalized spacial score (nSPS) is 11.0. The van der Waals surface area contributed by atoms with Crippen molar-refractivity contribution in [3.63, 3.8) is 0 Å². The second-order valence-corrected chi connectivity index (χ2v) is 4.39. The molecular weight excluding hydrogens is 204 g/mol. The highest BCUT2D eigenvalue weighted by atomic mass is 14.1. The van der Waals surface area contributed by atoms with Crippen molar-refractivity contribution in [2.45, 2.75) is 20.8 Å². The van der Waals surface area contributed by atoms with Gasteiger partial charge >= 0.3 is 0 Å². The van der Waals surface area contributed by atoms with Crippen molar-refractivity contribution in [3.8, 4) is 11.1 Å². The van der Waals surface area contributed by atoms with Crippen LogP contribution in [0.25, 0.3) is 17.2 Å². The predicted molar refractivity (Wildman–Crippen MR) is 76.1 cm³/mol. The first-order valence-corrected chi connectivity index (χ1v) is 6.01. The number of rotatable bonds is 2. The Morgan fingerprint density at radius 3 is 2.24 bits per heavy atom. The van der Waals surface area contributed by atoms with Gasteiger partial charge in [0.2, 0.25) is 0 Å². The van der Waals surface area contributed by atoms with Crippen LogP contribution in [0.5, 0.6) is 0 Å². The van der Waals surface area contributed by atoms with Crippen LogP contribution in [0.1, 0.15) is 23.6 Å². The van der Waals surface area contributed by atoms with Crippen molar-refractivity contribution in [3.05, 3.63) is 65.2 Å². The number of benzene rings is 2. The van der Waals surface area contributed by atoms with Crippen molar-refractivity contribution < 1.29 is 0 Å². The van der Waals surface area contributed by atoms with Gasteiger partial charge in [0, 0.05) is 0 Å². The minimum Gasteiger partial charge on any atom is -0.0871 e. The molecule has 2 aromatic carbocycles. The molecule has 0 bridgehead atoms. The van der Waals surface area contributed by atoms with Crippen LogP contribution in [0.4, 0.5) is 0 Å². The highest BCUT2D eigenvalue weighted by Crippen LogP contribution is 2.26. The summed E-state index contributed by atoms with van der Waals surface area (Å²) in [6.45, 7) is 6.40. The summed E-state index contributed by atoms with van der Waals surface area (Å²) in [7, 11) is 0. The van der Waals surface area contributed by atoms with Crippen LogP contribution in [-0.2, 0) is 0 Å². The summed E-state index contributed by atoms with van der Waals surface area (Å²) in [5.41, 5.74) is 6.59. The molecule has 0 amide bonds. The third kappa shape index (κ3) is 2.47. The average Bonchev–Trinajstić information content (AvgIpc) is 2.35. The summed E-state index contributed by atoms with van der Waals surface area (Å²) >= 11 is 0. The molecule has 0 saturated heterocycles. The lowest BCUT2D eigenvalue weighted by Gasteiger charge is -2.10. The Hall–Kier alpha value is -1.82. The molecule has 0 fully saturated rings. The van der Waals surface area contributed by atoms with E-state index in [1.807, 2.05) is 0 Å². The fourth-order valence-electron chi connectivity index (χ4n) is 2.13. The van der Waals surface area contributed by atoms with E-state index in [0.29, 0.717) is 0 Å². The Morgan fingerprint density at radius 2 is 1.59 bits per heavy atom. The fraction of sp³-hybridized carbons (Fsp3) is 0.176. The van der Waals surface area contributed by atoms with Crippen LogP contribution < -0.4 is 0 Å². The second-order valence-electron chi connectivity index (χ2n) is 4.39. The van der Waals surface area contributed by atoms with E-state index in [1.54, 1.807) is 0 Å². The molecule has 0 spiro atoms. The molecule has 2 rings (SSSR count). The average molecular weight is 222 g/mol. The molecule has 86 valence electrons. The third-order valence-corrected chi connectivity index (χ3v) is 3.04. The van der Waals surface area contributed by atoms with Gasteiger partial charge in [-0.2, -0.15) is 0 Å². The minimum atomic E-state index is 1.29. The lowest BCUT2D eigenvalue weighted by molar-refractivity contribution is 1.37. The molecule has 0 nitrogen and oxygen atoms in total. The van der Waals surface area contributed by atoms with Gasteiger partial charge in [0.25, 0.3) is 0 Å². The lowest BCUT2D eigenvalue weighted by Crippen LogP contribution is -1.88. The van der Waals surface area contributed by atoms with Crippen molar-refractivity contribution in [1.82, 2.24) is 0 Å². The van der Waals surface area contributed by atoms with Gasteiger partial charge in [-0.1, -0.05) is 54.6 Å². The van der Waals surface area contributed by atoms with Gasteiger partial charge < -0.3 is 0 Å². The molecule has 0 aliphatic heterocycles. The van der Waals surface area contributed by atoms with Crippen LogP contribution in [-0.4, -0.2) is 0 Å². The fourth-order valence-corrected chi connectivity index (χ4v) is 2.13. The monoisotopic (exact) mass is 222 g/mol. The standard InChI is InChI=1S/C17H18/c1-4-8-16-11-14(3)17(12-13(16)2)15-9-6-5-7-10-15/h4-12H,1-3H3/b8-4+. The van der Waals surface area contributed by atoms with Gasteiger partial charge in [-0.05, 0) is 48.6 Å². The molecule has 17 heavy (non-hydrogen) atoms. The summed E-state index contributed by atoms with van der Waals surface area (Å²) < 4.78 is 0. The molecule has 0 aliphatic rings. The molecule has 0 aromatic heterocycles. The quantitative estimate of drug-likeness (QED) is 0.670. The van der Waals surface area contributed by atoms with E-state index in [0.717, 1.165) is 0 Å². The zero-order chi connectivity index (χ0) is 12.3. The van der Waals surface area contributed by atoms with E-state index >= 15 is 0 Å². The lowest BCUT2D eigenvalue weighted by atomic mass is 9.95. The van der Waals surface area contributed by atoms with E-state index in [4.69, 9.17) is 0 Å². The van der Waals surface area contributed by atoms with E-state index in [9.17, 15) is 0 Å². The second kappa shape index (κ2) is 5.01. The Kier molecular flexibility index (Phi) is 3.43. The molecule has 0 aliphatic carbocycles. The molecule has 0 saturated carbocycles. The maximum Gasteiger partial charge on any atom is -0.0152 e. The van der Waals surface area contributed by atoms with E-state index in [-0.39, 0.29) is 0 Å². The van der Waals surface area contributed by atoms with Gasteiger partial charge in [0.1, 0.15) is 0 Å². The van der Waals surface area contributed by atoms with E-state index in [1.165, 1.54) is 27.8 Å². The van der Waals surface area contributed by atoms with Gasteiger partial charge in [-0.25, -0.2) is 0 Å². The summed E-state index contributed by atoms with van der Waals surface area (Å²) in [5.74, 6) is 0. The summed E-state index contributed by atoms with van der Waals surface area (Å²) in [6.07, 6.45) is 4.25. The Balaban J connectivity index is 2.54.